The van der Waals surface area contributed by atoms with Crippen LogP contribution in [0.15, 0.2) is 24.3 Å². The van der Waals surface area contributed by atoms with E-state index >= 15 is 0 Å². The molecular formula is C10H11N3O2. The largest absolute Gasteiger partial charge is 0.439 e. The zero-order valence-electron chi connectivity index (χ0n) is 8.54. The Hall–Kier alpha value is -1.91. The van der Waals surface area contributed by atoms with Gasteiger partial charge in [-0.25, -0.2) is 0 Å². The summed E-state index contributed by atoms with van der Waals surface area (Å²) in [5.74, 6) is -0.344. The van der Waals surface area contributed by atoms with Crippen molar-refractivity contribution in [1.29, 1.82) is 0 Å². The summed E-state index contributed by atoms with van der Waals surface area (Å²) in [4.78, 5) is 12.1. The molecule has 15 heavy (non-hydrogen) atoms. The van der Waals surface area contributed by atoms with Crippen molar-refractivity contribution in [1.82, 2.24) is 15.0 Å². The molecular weight excluding hydrogens is 194 g/mol. The van der Waals surface area contributed by atoms with E-state index in [1.807, 2.05) is 24.3 Å². The number of carbonyl (C=O) groups is 1. The molecule has 1 aromatic heterocycles. The molecule has 0 aliphatic carbocycles. The highest BCUT2D eigenvalue weighted by Gasteiger charge is 2.10. The second kappa shape index (κ2) is 3.68. The average molecular weight is 205 g/mol. The standard InChI is InChI=1S/C10H11N3O2/c1-7(15-8(2)14)13-11-9-5-3-4-6-10(9)12-13/h3-7H,1-2H3. The van der Waals surface area contributed by atoms with Crippen LogP contribution in [-0.2, 0) is 9.53 Å². The van der Waals surface area contributed by atoms with Crippen molar-refractivity contribution in [2.24, 2.45) is 0 Å². The minimum atomic E-state index is -0.477. The van der Waals surface area contributed by atoms with Crippen molar-refractivity contribution in [3.8, 4) is 0 Å². The second-order valence-corrected chi connectivity index (χ2v) is 3.22. The van der Waals surface area contributed by atoms with Crippen molar-refractivity contribution in [2.45, 2.75) is 20.1 Å². The summed E-state index contributed by atoms with van der Waals surface area (Å²) in [6.07, 6.45) is -0.477. The highest BCUT2D eigenvalue weighted by molar-refractivity contribution is 5.73. The number of hydrogen-bond donors (Lipinski definition) is 0. The van der Waals surface area contributed by atoms with E-state index in [2.05, 4.69) is 10.2 Å². The first kappa shape index (κ1) is 9.64. The number of rotatable bonds is 2. The lowest BCUT2D eigenvalue weighted by Gasteiger charge is -2.09. The Kier molecular flexibility index (Phi) is 2.37. The minimum Gasteiger partial charge on any atom is -0.439 e. The molecule has 0 fully saturated rings. The van der Waals surface area contributed by atoms with Gasteiger partial charge < -0.3 is 4.74 Å². The van der Waals surface area contributed by atoms with Crippen LogP contribution in [0, 0.1) is 0 Å². The van der Waals surface area contributed by atoms with Crippen LogP contribution in [0.3, 0.4) is 0 Å². The molecule has 1 heterocycles. The second-order valence-electron chi connectivity index (χ2n) is 3.22. The summed E-state index contributed by atoms with van der Waals surface area (Å²) in [6, 6.07) is 7.49. The number of nitrogens with zero attached hydrogens (tertiary/aromatic N) is 3. The van der Waals surface area contributed by atoms with Crippen LogP contribution in [0.4, 0.5) is 0 Å². The maximum absolute atomic E-state index is 10.8. The SMILES string of the molecule is CC(=O)OC(C)n1nc2ccccc2n1. The van der Waals surface area contributed by atoms with Crippen molar-refractivity contribution < 1.29 is 9.53 Å². The van der Waals surface area contributed by atoms with E-state index in [-0.39, 0.29) is 5.97 Å². The molecule has 2 rings (SSSR count). The molecule has 0 spiro atoms. The highest BCUT2D eigenvalue weighted by atomic mass is 16.6. The van der Waals surface area contributed by atoms with Crippen molar-refractivity contribution in [3.05, 3.63) is 24.3 Å². The number of hydrogen-bond acceptors (Lipinski definition) is 4. The van der Waals surface area contributed by atoms with E-state index in [0.29, 0.717) is 0 Å². The van der Waals surface area contributed by atoms with Crippen molar-refractivity contribution >= 4 is 17.0 Å². The summed E-state index contributed by atoms with van der Waals surface area (Å²) in [5.41, 5.74) is 1.58. The van der Waals surface area contributed by atoms with Gasteiger partial charge in [-0.05, 0) is 19.1 Å². The first-order valence-corrected chi connectivity index (χ1v) is 4.65. The Bertz CT molecular complexity index is 459. The zero-order chi connectivity index (χ0) is 10.8. The summed E-state index contributed by atoms with van der Waals surface area (Å²) in [5, 5.41) is 8.39. The van der Waals surface area contributed by atoms with Gasteiger partial charge in [-0.1, -0.05) is 12.1 Å². The lowest BCUT2D eigenvalue weighted by atomic mass is 10.3. The van der Waals surface area contributed by atoms with E-state index in [0.717, 1.165) is 11.0 Å². The lowest BCUT2D eigenvalue weighted by Crippen LogP contribution is -2.14. The Morgan fingerprint density at radius 3 is 2.33 bits per heavy atom. The molecule has 1 unspecified atom stereocenters. The van der Waals surface area contributed by atoms with Gasteiger partial charge in [0.15, 0.2) is 0 Å². The third kappa shape index (κ3) is 1.96. The fourth-order valence-corrected chi connectivity index (χ4v) is 1.33. The predicted octanol–water partition coefficient (Wildman–Crippen LogP) is 1.51. The molecule has 0 saturated carbocycles. The van der Waals surface area contributed by atoms with Gasteiger partial charge in [-0.15, -0.1) is 15.0 Å². The van der Waals surface area contributed by atoms with Gasteiger partial charge in [0.2, 0.25) is 6.23 Å². The molecule has 0 saturated heterocycles. The molecule has 0 aliphatic rings. The number of carbonyl (C=O) groups excluding carboxylic acids is 1. The maximum Gasteiger partial charge on any atom is 0.304 e. The smallest absolute Gasteiger partial charge is 0.304 e. The quantitative estimate of drug-likeness (QED) is 0.697. The van der Waals surface area contributed by atoms with Gasteiger partial charge in [-0.3, -0.25) is 4.79 Å². The molecule has 1 atom stereocenters. The van der Waals surface area contributed by atoms with Gasteiger partial charge in [0.1, 0.15) is 11.0 Å². The first-order valence-electron chi connectivity index (χ1n) is 4.65. The highest BCUT2D eigenvalue weighted by Crippen LogP contribution is 2.11. The van der Waals surface area contributed by atoms with Gasteiger partial charge >= 0.3 is 5.97 Å². The van der Waals surface area contributed by atoms with Crippen LogP contribution in [0.1, 0.15) is 20.1 Å². The summed E-state index contributed by atoms with van der Waals surface area (Å²) in [6.45, 7) is 3.08. The fourth-order valence-electron chi connectivity index (χ4n) is 1.33. The number of aromatic nitrogens is 3. The third-order valence-corrected chi connectivity index (χ3v) is 1.96. The van der Waals surface area contributed by atoms with E-state index in [9.17, 15) is 4.79 Å². The van der Waals surface area contributed by atoms with Crippen LogP contribution in [0.5, 0.6) is 0 Å². The van der Waals surface area contributed by atoms with Crippen LogP contribution < -0.4 is 0 Å². The molecule has 0 amide bonds. The van der Waals surface area contributed by atoms with E-state index in [1.165, 1.54) is 11.7 Å². The van der Waals surface area contributed by atoms with E-state index < -0.39 is 6.23 Å². The van der Waals surface area contributed by atoms with Crippen LogP contribution >= 0.6 is 0 Å². The first-order chi connectivity index (χ1) is 7.16. The third-order valence-electron chi connectivity index (χ3n) is 1.96. The minimum absolute atomic E-state index is 0.344. The number of esters is 1. The Morgan fingerprint density at radius 2 is 1.87 bits per heavy atom. The molecule has 5 heteroatoms. The number of fused-ring (bicyclic) bond motifs is 1. The molecule has 0 bridgehead atoms. The molecule has 0 radical (unpaired) electrons. The average Bonchev–Trinajstić information content (AvgIpc) is 2.59. The molecule has 5 nitrogen and oxygen atoms in total. The van der Waals surface area contributed by atoms with Crippen LogP contribution in [0.25, 0.3) is 11.0 Å². The monoisotopic (exact) mass is 205 g/mol. The predicted molar refractivity (Wildman–Crippen MR) is 54.0 cm³/mol. The van der Waals surface area contributed by atoms with Gasteiger partial charge in [0.25, 0.3) is 0 Å². The fraction of sp³-hybridized carbons (Fsp3) is 0.300. The van der Waals surface area contributed by atoms with E-state index in [1.54, 1.807) is 6.92 Å². The van der Waals surface area contributed by atoms with Crippen LogP contribution in [0.2, 0.25) is 0 Å². The van der Waals surface area contributed by atoms with Gasteiger partial charge in [0, 0.05) is 6.92 Å². The number of benzene rings is 1. The molecule has 0 N–H and O–H groups in total. The van der Waals surface area contributed by atoms with Gasteiger partial charge in [-0.2, -0.15) is 0 Å². The lowest BCUT2D eigenvalue weighted by molar-refractivity contribution is -0.151. The summed E-state index contributed by atoms with van der Waals surface area (Å²) >= 11 is 0. The maximum atomic E-state index is 10.8. The normalized spacial score (nSPS) is 12.7. The molecule has 1 aromatic carbocycles. The summed E-state index contributed by atoms with van der Waals surface area (Å²) < 4.78 is 4.96. The molecule has 2 aromatic rings. The van der Waals surface area contributed by atoms with Crippen LogP contribution in [-0.4, -0.2) is 21.0 Å². The van der Waals surface area contributed by atoms with E-state index in [4.69, 9.17) is 4.74 Å². The Labute approximate surface area is 86.6 Å². The molecule has 78 valence electrons. The van der Waals surface area contributed by atoms with Crippen molar-refractivity contribution in [3.63, 3.8) is 0 Å². The number of ether oxygens (including phenoxy) is 1. The zero-order valence-corrected chi connectivity index (χ0v) is 8.54. The molecule has 0 aliphatic heterocycles. The van der Waals surface area contributed by atoms with Gasteiger partial charge in [0.05, 0.1) is 0 Å². The topological polar surface area (TPSA) is 57.0 Å². The summed E-state index contributed by atoms with van der Waals surface area (Å²) in [7, 11) is 0. The Balaban J connectivity index is 2.32. The Morgan fingerprint density at radius 1 is 1.33 bits per heavy atom. The van der Waals surface area contributed by atoms with Crippen molar-refractivity contribution in [2.75, 3.05) is 0 Å².